The third-order valence-electron chi connectivity index (χ3n) is 3.20. The van der Waals surface area contributed by atoms with Crippen LogP contribution in [0.15, 0.2) is 42.5 Å². The van der Waals surface area contributed by atoms with Crippen molar-refractivity contribution in [3.8, 4) is 0 Å². The number of carbonyl (C=O) groups is 1. The molecule has 0 N–H and O–H groups in total. The van der Waals surface area contributed by atoms with Crippen LogP contribution in [-0.4, -0.2) is 12.6 Å². The summed E-state index contributed by atoms with van der Waals surface area (Å²) in [6.07, 6.45) is 8.22. The standard InChI is InChI=1S/C16H16Cl2O2/c1-2-20-16(19)6-4-3-5-11-9-13(11)12-7-8-14(17)15(18)10-12/h3-8,10-11,13H,2,9H2,1H3/t11?,13-/m1/s1. The van der Waals surface area contributed by atoms with Gasteiger partial charge in [-0.05, 0) is 42.9 Å². The number of ether oxygens (including phenoxy) is 1. The minimum absolute atomic E-state index is 0.311. The van der Waals surface area contributed by atoms with Gasteiger partial charge in [-0.2, -0.15) is 0 Å². The molecule has 0 heterocycles. The predicted octanol–water partition coefficient (Wildman–Crippen LogP) is 4.77. The topological polar surface area (TPSA) is 26.3 Å². The molecule has 1 aromatic carbocycles. The van der Waals surface area contributed by atoms with Gasteiger partial charge in [-0.1, -0.05) is 47.5 Å². The van der Waals surface area contributed by atoms with Crippen LogP contribution in [-0.2, 0) is 9.53 Å². The molecule has 2 rings (SSSR count). The van der Waals surface area contributed by atoms with Gasteiger partial charge in [0.2, 0.25) is 0 Å². The Morgan fingerprint density at radius 2 is 2.15 bits per heavy atom. The lowest BCUT2D eigenvalue weighted by Gasteiger charge is -2.00. The van der Waals surface area contributed by atoms with E-state index in [0.717, 1.165) is 6.42 Å². The van der Waals surface area contributed by atoms with Crippen molar-refractivity contribution in [2.24, 2.45) is 5.92 Å². The Kier molecular flexibility index (Phi) is 5.27. The average Bonchev–Trinajstić information content (AvgIpc) is 3.18. The Morgan fingerprint density at radius 3 is 2.85 bits per heavy atom. The van der Waals surface area contributed by atoms with Crippen molar-refractivity contribution >= 4 is 29.2 Å². The summed E-state index contributed by atoms with van der Waals surface area (Å²) in [7, 11) is 0. The SMILES string of the molecule is CCOC(=O)C=CC=CC1C[C@H]1c1ccc(Cl)c(Cl)c1. The molecule has 0 aliphatic heterocycles. The van der Waals surface area contributed by atoms with Crippen molar-refractivity contribution in [1.82, 2.24) is 0 Å². The highest BCUT2D eigenvalue weighted by atomic mass is 35.5. The van der Waals surface area contributed by atoms with Crippen LogP contribution >= 0.6 is 23.2 Å². The van der Waals surface area contributed by atoms with Crippen LogP contribution in [0, 0.1) is 5.92 Å². The molecule has 1 aromatic rings. The van der Waals surface area contributed by atoms with Gasteiger partial charge in [-0.25, -0.2) is 4.79 Å². The number of benzene rings is 1. The van der Waals surface area contributed by atoms with Gasteiger partial charge in [0.05, 0.1) is 16.7 Å². The molecule has 4 heteroatoms. The zero-order valence-corrected chi connectivity index (χ0v) is 12.7. The van der Waals surface area contributed by atoms with Crippen molar-refractivity contribution in [2.45, 2.75) is 19.3 Å². The quantitative estimate of drug-likeness (QED) is 0.445. The minimum atomic E-state index is -0.311. The van der Waals surface area contributed by atoms with Gasteiger partial charge >= 0.3 is 5.97 Å². The summed E-state index contributed by atoms with van der Waals surface area (Å²) in [5, 5.41) is 1.18. The van der Waals surface area contributed by atoms with E-state index in [1.807, 2.05) is 24.3 Å². The molecule has 0 bridgehead atoms. The molecule has 2 atom stereocenters. The lowest BCUT2D eigenvalue weighted by molar-refractivity contribution is -0.137. The maximum Gasteiger partial charge on any atom is 0.330 e. The van der Waals surface area contributed by atoms with Crippen molar-refractivity contribution < 1.29 is 9.53 Å². The number of hydrogen-bond acceptors (Lipinski definition) is 2. The molecule has 20 heavy (non-hydrogen) atoms. The van der Waals surface area contributed by atoms with Gasteiger partial charge in [-0.15, -0.1) is 0 Å². The average molecular weight is 311 g/mol. The first-order valence-electron chi connectivity index (χ1n) is 6.58. The number of carbonyl (C=O) groups excluding carboxylic acids is 1. The highest BCUT2D eigenvalue weighted by Crippen LogP contribution is 2.49. The molecule has 0 aromatic heterocycles. The van der Waals surface area contributed by atoms with E-state index in [0.29, 0.717) is 28.5 Å². The highest BCUT2D eigenvalue weighted by molar-refractivity contribution is 6.42. The number of allylic oxidation sites excluding steroid dienone is 3. The Bertz CT molecular complexity index is 549. The molecule has 1 saturated carbocycles. The largest absolute Gasteiger partial charge is 0.463 e. The fraction of sp³-hybridized carbons (Fsp3) is 0.312. The second kappa shape index (κ2) is 6.96. The third kappa shape index (κ3) is 4.12. The number of esters is 1. The summed E-state index contributed by atoms with van der Waals surface area (Å²) in [6.45, 7) is 2.18. The summed E-state index contributed by atoms with van der Waals surface area (Å²) in [6, 6.07) is 5.77. The number of rotatable bonds is 5. The summed E-state index contributed by atoms with van der Waals surface area (Å²) in [5.74, 6) is 0.685. The molecule has 0 spiro atoms. The first kappa shape index (κ1) is 15.1. The van der Waals surface area contributed by atoms with E-state index < -0.39 is 0 Å². The summed E-state index contributed by atoms with van der Waals surface area (Å²) in [4.78, 5) is 11.1. The van der Waals surface area contributed by atoms with E-state index >= 15 is 0 Å². The highest BCUT2D eigenvalue weighted by Gasteiger charge is 2.36. The van der Waals surface area contributed by atoms with Gasteiger partial charge in [0.15, 0.2) is 0 Å². The zero-order chi connectivity index (χ0) is 14.5. The molecule has 1 aliphatic rings. The molecule has 0 radical (unpaired) electrons. The number of halogens is 2. The fourth-order valence-electron chi connectivity index (χ4n) is 2.08. The van der Waals surface area contributed by atoms with Crippen LogP contribution in [0.1, 0.15) is 24.8 Å². The Labute approximate surface area is 129 Å². The van der Waals surface area contributed by atoms with E-state index in [2.05, 4.69) is 6.08 Å². The first-order chi connectivity index (χ1) is 9.61. The molecule has 1 aliphatic carbocycles. The van der Waals surface area contributed by atoms with E-state index in [1.54, 1.807) is 13.0 Å². The summed E-state index contributed by atoms with van der Waals surface area (Å²) < 4.78 is 4.79. The maximum absolute atomic E-state index is 11.1. The maximum atomic E-state index is 11.1. The van der Waals surface area contributed by atoms with Gasteiger partial charge in [0.1, 0.15) is 0 Å². The molecular formula is C16H16Cl2O2. The van der Waals surface area contributed by atoms with Crippen LogP contribution in [0.2, 0.25) is 10.0 Å². The second-order valence-corrected chi connectivity index (χ2v) is 5.49. The fourth-order valence-corrected chi connectivity index (χ4v) is 2.39. The predicted molar refractivity (Wildman–Crippen MR) is 82.2 cm³/mol. The smallest absolute Gasteiger partial charge is 0.330 e. The van der Waals surface area contributed by atoms with Crippen molar-refractivity contribution in [3.05, 3.63) is 58.1 Å². The molecule has 106 valence electrons. The second-order valence-electron chi connectivity index (χ2n) is 4.68. The summed E-state index contributed by atoms with van der Waals surface area (Å²) in [5.41, 5.74) is 1.21. The monoisotopic (exact) mass is 310 g/mol. The molecule has 0 saturated heterocycles. The Morgan fingerprint density at radius 1 is 1.35 bits per heavy atom. The van der Waals surface area contributed by atoms with Gasteiger partial charge < -0.3 is 4.74 Å². The van der Waals surface area contributed by atoms with Gasteiger partial charge in [0, 0.05) is 6.08 Å². The lowest BCUT2D eigenvalue weighted by Crippen LogP contribution is -1.98. The normalized spacial score (nSPS) is 21.6. The first-order valence-corrected chi connectivity index (χ1v) is 7.34. The minimum Gasteiger partial charge on any atom is -0.463 e. The lowest BCUT2D eigenvalue weighted by atomic mass is 10.1. The van der Waals surface area contributed by atoms with E-state index in [4.69, 9.17) is 27.9 Å². The van der Waals surface area contributed by atoms with Gasteiger partial charge in [0.25, 0.3) is 0 Å². The van der Waals surface area contributed by atoms with Crippen LogP contribution in [0.25, 0.3) is 0 Å². The Hall–Kier alpha value is -1.25. The molecule has 1 unspecified atom stereocenters. The zero-order valence-electron chi connectivity index (χ0n) is 11.2. The van der Waals surface area contributed by atoms with E-state index in [9.17, 15) is 4.79 Å². The number of hydrogen-bond donors (Lipinski definition) is 0. The van der Waals surface area contributed by atoms with Crippen molar-refractivity contribution in [1.29, 1.82) is 0 Å². The molecule has 1 fully saturated rings. The van der Waals surface area contributed by atoms with E-state index in [-0.39, 0.29) is 5.97 Å². The van der Waals surface area contributed by atoms with Crippen LogP contribution < -0.4 is 0 Å². The molecular weight excluding hydrogens is 295 g/mol. The van der Waals surface area contributed by atoms with Gasteiger partial charge in [-0.3, -0.25) is 0 Å². The van der Waals surface area contributed by atoms with Crippen LogP contribution in [0.4, 0.5) is 0 Å². The molecule has 2 nitrogen and oxygen atoms in total. The summed E-state index contributed by atoms with van der Waals surface area (Å²) >= 11 is 11.9. The Balaban J connectivity index is 1.86. The molecule has 0 amide bonds. The van der Waals surface area contributed by atoms with Crippen LogP contribution in [0.3, 0.4) is 0 Å². The van der Waals surface area contributed by atoms with Crippen LogP contribution in [0.5, 0.6) is 0 Å². The van der Waals surface area contributed by atoms with E-state index in [1.165, 1.54) is 11.6 Å². The third-order valence-corrected chi connectivity index (χ3v) is 3.94. The van der Waals surface area contributed by atoms with Crippen molar-refractivity contribution in [2.75, 3.05) is 6.61 Å². The van der Waals surface area contributed by atoms with Crippen molar-refractivity contribution in [3.63, 3.8) is 0 Å².